The molecular formula is C22H31N5O3S. The average molecular weight is 446 g/mol. The normalized spacial score (nSPS) is 18.4. The van der Waals surface area contributed by atoms with E-state index in [0.717, 1.165) is 62.3 Å². The van der Waals surface area contributed by atoms with Crippen molar-refractivity contribution in [2.24, 2.45) is 0 Å². The van der Waals surface area contributed by atoms with Crippen molar-refractivity contribution in [3.63, 3.8) is 0 Å². The summed E-state index contributed by atoms with van der Waals surface area (Å²) in [5.74, 6) is 1.77. The lowest BCUT2D eigenvalue weighted by atomic mass is 10.1. The Hall–Kier alpha value is -2.26. The van der Waals surface area contributed by atoms with E-state index in [4.69, 9.17) is 0 Å². The fourth-order valence-electron chi connectivity index (χ4n) is 4.37. The molecule has 1 N–H and O–H groups in total. The topological polar surface area (TPSA) is 97.2 Å². The van der Waals surface area contributed by atoms with Gasteiger partial charge < -0.3 is 9.88 Å². The van der Waals surface area contributed by atoms with Gasteiger partial charge in [0, 0.05) is 32.5 Å². The highest BCUT2D eigenvalue weighted by molar-refractivity contribution is 7.89. The van der Waals surface area contributed by atoms with Crippen molar-refractivity contribution in [1.82, 2.24) is 24.4 Å². The number of aromatic nitrogens is 3. The molecule has 0 unspecified atom stereocenters. The smallest absolute Gasteiger partial charge is 0.243 e. The molecule has 9 heteroatoms. The van der Waals surface area contributed by atoms with E-state index in [0.29, 0.717) is 30.8 Å². The Morgan fingerprint density at radius 2 is 1.74 bits per heavy atom. The number of hydrogen-bond donors (Lipinski definition) is 1. The molecule has 1 aromatic carbocycles. The highest BCUT2D eigenvalue weighted by Gasteiger charge is 2.26. The fraction of sp³-hybridized carbons (Fsp3) is 0.591. The van der Waals surface area contributed by atoms with Crippen LogP contribution in [0.25, 0.3) is 0 Å². The van der Waals surface area contributed by atoms with Crippen LogP contribution < -0.4 is 5.32 Å². The summed E-state index contributed by atoms with van der Waals surface area (Å²) in [6, 6.07) is 6.74. The zero-order valence-corrected chi connectivity index (χ0v) is 18.9. The third-order valence-corrected chi connectivity index (χ3v) is 8.08. The molecule has 1 aromatic heterocycles. The molecule has 31 heavy (non-hydrogen) atoms. The van der Waals surface area contributed by atoms with Crippen LogP contribution >= 0.6 is 0 Å². The van der Waals surface area contributed by atoms with Gasteiger partial charge in [-0.1, -0.05) is 18.6 Å². The highest BCUT2D eigenvalue weighted by Crippen LogP contribution is 2.22. The van der Waals surface area contributed by atoms with Gasteiger partial charge in [-0.3, -0.25) is 4.79 Å². The molecule has 2 aliphatic rings. The van der Waals surface area contributed by atoms with Gasteiger partial charge in [0.1, 0.15) is 5.82 Å². The van der Waals surface area contributed by atoms with Gasteiger partial charge in [0.15, 0.2) is 5.82 Å². The summed E-state index contributed by atoms with van der Waals surface area (Å²) in [5.41, 5.74) is 0.945. The van der Waals surface area contributed by atoms with Crippen LogP contribution in [0.3, 0.4) is 0 Å². The van der Waals surface area contributed by atoms with Crippen molar-refractivity contribution >= 4 is 15.9 Å². The van der Waals surface area contributed by atoms with Gasteiger partial charge in [-0.05, 0) is 56.7 Å². The molecule has 0 aliphatic carbocycles. The van der Waals surface area contributed by atoms with Crippen LogP contribution in [0.15, 0.2) is 29.2 Å². The molecule has 8 nitrogen and oxygen atoms in total. The van der Waals surface area contributed by atoms with E-state index in [-0.39, 0.29) is 11.9 Å². The van der Waals surface area contributed by atoms with E-state index in [1.807, 2.05) is 19.1 Å². The quantitative estimate of drug-likeness (QED) is 0.707. The molecule has 1 atom stereocenters. The molecule has 168 valence electrons. The van der Waals surface area contributed by atoms with E-state index >= 15 is 0 Å². The standard InChI is InChI=1S/C22H31N5O3S/c1-17(22-25-24-20-7-3-6-16-27(20)22)23-21(28)13-10-18-8-11-19(12-9-18)31(29,30)26-14-4-2-5-15-26/h8-9,11-12,17H,2-7,10,13-16H2,1H3,(H,23,28)/t17-/m0/s1. The summed E-state index contributed by atoms with van der Waals surface area (Å²) in [7, 11) is -3.42. The van der Waals surface area contributed by atoms with Gasteiger partial charge in [0.2, 0.25) is 15.9 Å². The van der Waals surface area contributed by atoms with E-state index < -0.39 is 10.0 Å². The van der Waals surface area contributed by atoms with Crippen LogP contribution in [-0.4, -0.2) is 46.5 Å². The second-order valence-corrected chi connectivity index (χ2v) is 10.4. The number of benzene rings is 1. The van der Waals surface area contributed by atoms with Crippen LogP contribution in [0.2, 0.25) is 0 Å². The lowest BCUT2D eigenvalue weighted by molar-refractivity contribution is -0.121. The molecule has 3 heterocycles. The minimum atomic E-state index is -3.42. The Morgan fingerprint density at radius 3 is 2.48 bits per heavy atom. The first-order valence-electron chi connectivity index (χ1n) is 11.3. The Morgan fingerprint density at radius 1 is 1.03 bits per heavy atom. The molecule has 0 saturated carbocycles. The number of sulfonamides is 1. The number of rotatable bonds is 7. The van der Waals surface area contributed by atoms with Crippen LogP contribution in [0.5, 0.6) is 0 Å². The Balaban J connectivity index is 1.31. The maximum absolute atomic E-state index is 12.7. The Kier molecular flexibility index (Phi) is 6.71. The maximum atomic E-state index is 12.7. The molecule has 1 fully saturated rings. The Bertz CT molecular complexity index is 1010. The molecule has 0 spiro atoms. The predicted molar refractivity (Wildman–Crippen MR) is 117 cm³/mol. The van der Waals surface area contributed by atoms with Crippen LogP contribution in [0, 0.1) is 0 Å². The number of nitrogens with zero attached hydrogens (tertiary/aromatic N) is 4. The minimum Gasteiger partial charge on any atom is -0.346 e. The zero-order chi connectivity index (χ0) is 21.8. The molecule has 0 radical (unpaired) electrons. The highest BCUT2D eigenvalue weighted by atomic mass is 32.2. The van der Waals surface area contributed by atoms with Crippen LogP contribution in [-0.2, 0) is 34.2 Å². The second-order valence-electron chi connectivity index (χ2n) is 8.48. The molecular weight excluding hydrogens is 414 g/mol. The lowest BCUT2D eigenvalue weighted by Gasteiger charge is -2.25. The second kappa shape index (κ2) is 9.48. The summed E-state index contributed by atoms with van der Waals surface area (Å²) in [6.45, 7) is 4.03. The minimum absolute atomic E-state index is 0.0503. The van der Waals surface area contributed by atoms with E-state index in [1.165, 1.54) is 0 Å². The summed E-state index contributed by atoms with van der Waals surface area (Å²) >= 11 is 0. The Labute approximate surface area is 184 Å². The molecule has 2 aromatic rings. The SMILES string of the molecule is C[C@H](NC(=O)CCc1ccc(S(=O)(=O)N2CCCCC2)cc1)c1nnc2n1CCCC2. The largest absolute Gasteiger partial charge is 0.346 e. The number of nitrogens with one attached hydrogen (secondary N) is 1. The van der Waals surface area contributed by atoms with Gasteiger partial charge in [-0.2, -0.15) is 4.31 Å². The maximum Gasteiger partial charge on any atom is 0.243 e. The first kappa shape index (κ1) is 22.0. The van der Waals surface area contributed by atoms with Crippen LogP contribution in [0.1, 0.15) is 68.7 Å². The summed E-state index contributed by atoms with van der Waals surface area (Å²) < 4.78 is 29.2. The number of carbonyl (C=O) groups is 1. The van der Waals surface area contributed by atoms with Crippen molar-refractivity contribution in [2.45, 2.75) is 75.8 Å². The monoisotopic (exact) mass is 445 g/mol. The fourth-order valence-corrected chi connectivity index (χ4v) is 5.89. The first-order valence-corrected chi connectivity index (χ1v) is 12.7. The van der Waals surface area contributed by atoms with Crippen LogP contribution in [0.4, 0.5) is 0 Å². The van der Waals surface area contributed by atoms with Crippen molar-refractivity contribution < 1.29 is 13.2 Å². The average Bonchev–Trinajstić information content (AvgIpc) is 3.23. The van der Waals surface area contributed by atoms with E-state index in [2.05, 4.69) is 20.1 Å². The number of amides is 1. The molecule has 0 bridgehead atoms. The van der Waals surface area contributed by atoms with Crippen molar-refractivity contribution in [2.75, 3.05) is 13.1 Å². The molecule has 1 saturated heterocycles. The first-order chi connectivity index (χ1) is 14.9. The number of aryl methyl sites for hydroxylation is 2. The summed E-state index contributed by atoms with van der Waals surface area (Å²) in [5, 5.41) is 11.5. The van der Waals surface area contributed by atoms with Crippen molar-refractivity contribution in [1.29, 1.82) is 0 Å². The zero-order valence-electron chi connectivity index (χ0n) is 18.1. The van der Waals surface area contributed by atoms with Gasteiger partial charge in [0.25, 0.3) is 0 Å². The van der Waals surface area contributed by atoms with Gasteiger partial charge in [-0.25, -0.2) is 8.42 Å². The van der Waals surface area contributed by atoms with Crippen molar-refractivity contribution in [3.8, 4) is 0 Å². The molecule has 4 rings (SSSR count). The number of fused-ring (bicyclic) bond motifs is 1. The number of piperidine rings is 1. The lowest BCUT2D eigenvalue weighted by Crippen LogP contribution is -2.35. The predicted octanol–water partition coefficient (Wildman–Crippen LogP) is 2.60. The third kappa shape index (κ3) is 4.98. The summed E-state index contributed by atoms with van der Waals surface area (Å²) in [6.07, 6.45) is 7.01. The van der Waals surface area contributed by atoms with Gasteiger partial charge in [0.05, 0.1) is 10.9 Å². The van der Waals surface area contributed by atoms with Gasteiger partial charge >= 0.3 is 0 Å². The van der Waals surface area contributed by atoms with Gasteiger partial charge in [-0.15, -0.1) is 10.2 Å². The van der Waals surface area contributed by atoms with E-state index in [9.17, 15) is 13.2 Å². The summed E-state index contributed by atoms with van der Waals surface area (Å²) in [4.78, 5) is 12.8. The van der Waals surface area contributed by atoms with Crippen molar-refractivity contribution in [3.05, 3.63) is 41.5 Å². The number of hydrogen-bond acceptors (Lipinski definition) is 5. The number of carbonyl (C=O) groups excluding carboxylic acids is 1. The third-order valence-electron chi connectivity index (χ3n) is 6.17. The van der Waals surface area contributed by atoms with E-state index in [1.54, 1.807) is 16.4 Å². The molecule has 2 aliphatic heterocycles. The molecule has 1 amide bonds.